The maximum absolute atomic E-state index is 12.1. The Balaban J connectivity index is 1.99. The molecule has 0 amide bonds. The van der Waals surface area contributed by atoms with Gasteiger partial charge in [-0.05, 0) is 62.6 Å². The number of aromatic nitrogens is 2. The van der Waals surface area contributed by atoms with Crippen molar-refractivity contribution in [3.63, 3.8) is 0 Å². The van der Waals surface area contributed by atoms with Gasteiger partial charge in [-0.25, -0.2) is 0 Å². The summed E-state index contributed by atoms with van der Waals surface area (Å²) in [6, 6.07) is 8.90. The number of H-pyrrole nitrogens is 1. The summed E-state index contributed by atoms with van der Waals surface area (Å²) in [7, 11) is 0. The van der Waals surface area contributed by atoms with E-state index >= 15 is 0 Å². The van der Waals surface area contributed by atoms with Crippen LogP contribution in [0.25, 0.3) is 32.9 Å². The highest BCUT2D eigenvalue weighted by Gasteiger charge is 2.28. The number of aromatic amines is 1. The fourth-order valence-electron chi connectivity index (χ4n) is 4.74. The highest BCUT2D eigenvalue weighted by Crippen LogP contribution is 2.48. The second-order valence-electron chi connectivity index (χ2n) is 9.66. The van der Waals surface area contributed by atoms with Gasteiger partial charge >= 0.3 is 5.97 Å². The van der Waals surface area contributed by atoms with Gasteiger partial charge in [0.15, 0.2) is 0 Å². The molecule has 0 aliphatic carbocycles. The van der Waals surface area contributed by atoms with Crippen LogP contribution in [0.2, 0.25) is 0 Å². The number of nitrogens with zero attached hydrogens (tertiary/aromatic N) is 1. The standard InChI is InChI=1S/C27H26N2O5/c1-14-11-18-16(5-6-21(30)29-18)24(17(14)12-22(31)32)25-20(34-27(2,3)4)13-19-23-15(8-10-33-19)7-9-28-26(23)25/h5-7,9,11,13H,8,10,12H2,1-4H3,(H,29,30)(H,31,32). The topological polar surface area (TPSA) is 102 Å². The van der Waals surface area contributed by atoms with E-state index in [0.717, 1.165) is 28.3 Å². The molecule has 3 heterocycles. The van der Waals surface area contributed by atoms with E-state index in [2.05, 4.69) is 4.98 Å². The second-order valence-corrected chi connectivity index (χ2v) is 9.66. The van der Waals surface area contributed by atoms with Crippen LogP contribution in [0.4, 0.5) is 0 Å². The SMILES string of the molecule is Cc1cc2[nH]c(=O)ccc2c(-c2c(OC(C)(C)C)cc3c4c(ccnc24)CCO3)c1CC(=O)O. The van der Waals surface area contributed by atoms with Crippen LogP contribution in [-0.4, -0.2) is 33.3 Å². The predicted octanol–water partition coefficient (Wildman–Crippen LogP) is 4.79. The van der Waals surface area contributed by atoms with E-state index in [4.69, 9.17) is 14.5 Å². The Morgan fingerprint density at radius 1 is 1.21 bits per heavy atom. The number of carboxylic acids is 1. The highest BCUT2D eigenvalue weighted by atomic mass is 16.5. The fraction of sp³-hybridized carbons (Fsp3) is 0.296. The summed E-state index contributed by atoms with van der Waals surface area (Å²) >= 11 is 0. The van der Waals surface area contributed by atoms with Gasteiger partial charge in [-0.15, -0.1) is 0 Å². The summed E-state index contributed by atoms with van der Waals surface area (Å²) in [5.41, 5.74) is 4.54. The van der Waals surface area contributed by atoms with E-state index < -0.39 is 11.6 Å². The first-order chi connectivity index (χ1) is 16.1. The number of carbonyl (C=O) groups is 1. The van der Waals surface area contributed by atoms with E-state index in [-0.39, 0.29) is 12.0 Å². The van der Waals surface area contributed by atoms with Crippen LogP contribution >= 0.6 is 0 Å². The minimum Gasteiger partial charge on any atom is -0.492 e. The van der Waals surface area contributed by atoms with Crippen LogP contribution in [0.1, 0.15) is 37.5 Å². The first-order valence-electron chi connectivity index (χ1n) is 11.3. The van der Waals surface area contributed by atoms with Gasteiger partial charge in [-0.2, -0.15) is 0 Å². The number of carboxylic acid groups (broad SMARTS) is 1. The smallest absolute Gasteiger partial charge is 0.307 e. The number of benzene rings is 2. The molecule has 2 N–H and O–H groups in total. The number of pyridine rings is 2. The summed E-state index contributed by atoms with van der Waals surface area (Å²) in [6.07, 6.45) is 2.35. The van der Waals surface area contributed by atoms with Gasteiger partial charge in [-0.3, -0.25) is 14.6 Å². The average Bonchev–Trinajstić information content (AvgIpc) is 2.74. The summed E-state index contributed by atoms with van der Waals surface area (Å²) in [5.74, 6) is 0.328. The van der Waals surface area contributed by atoms with Crippen molar-refractivity contribution in [1.29, 1.82) is 0 Å². The Kier molecular flexibility index (Phi) is 5.08. The number of rotatable bonds is 4. The molecule has 0 spiro atoms. The normalized spacial score (nSPS) is 13.2. The van der Waals surface area contributed by atoms with E-state index in [0.29, 0.717) is 45.8 Å². The Morgan fingerprint density at radius 2 is 2.00 bits per heavy atom. The van der Waals surface area contributed by atoms with Gasteiger partial charge in [0.1, 0.15) is 17.1 Å². The van der Waals surface area contributed by atoms with Crippen molar-refractivity contribution in [3.05, 3.63) is 63.6 Å². The Morgan fingerprint density at radius 3 is 2.74 bits per heavy atom. The van der Waals surface area contributed by atoms with E-state index in [1.54, 1.807) is 12.3 Å². The monoisotopic (exact) mass is 458 g/mol. The van der Waals surface area contributed by atoms with Crippen molar-refractivity contribution in [2.45, 2.75) is 46.1 Å². The third kappa shape index (κ3) is 3.77. The fourth-order valence-corrected chi connectivity index (χ4v) is 4.74. The van der Waals surface area contributed by atoms with Crippen molar-refractivity contribution in [2.75, 3.05) is 6.61 Å². The maximum atomic E-state index is 12.1. The Labute approximate surface area is 196 Å². The molecule has 174 valence electrons. The number of nitrogens with one attached hydrogen (secondary N) is 1. The maximum Gasteiger partial charge on any atom is 0.307 e. The molecule has 0 atom stereocenters. The minimum absolute atomic E-state index is 0.176. The molecule has 1 aliphatic rings. The van der Waals surface area contributed by atoms with Crippen molar-refractivity contribution < 1.29 is 19.4 Å². The molecule has 7 nitrogen and oxygen atoms in total. The van der Waals surface area contributed by atoms with E-state index in [1.807, 2.05) is 45.9 Å². The van der Waals surface area contributed by atoms with Crippen molar-refractivity contribution in [3.8, 4) is 22.6 Å². The Bertz CT molecular complexity index is 1530. The number of hydrogen-bond donors (Lipinski definition) is 2. The van der Waals surface area contributed by atoms with Gasteiger partial charge < -0.3 is 19.6 Å². The zero-order valence-electron chi connectivity index (χ0n) is 19.6. The zero-order valence-corrected chi connectivity index (χ0v) is 19.6. The molecule has 1 aliphatic heterocycles. The van der Waals surface area contributed by atoms with E-state index in [9.17, 15) is 14.7 Å². The third-order valence-electron chi connectivity index (χ3n) is 6.01. The molecule has 0 saturated carbocycles. The summed E-state index contributed by atoms with van der Waals surface area (Å²) in [5, 5.41) is 11.4. The van der Waals surface area contributed by atoms with Gasteiger partial charge in [0.25, 0.3) is 0 Å². The number of hydrogen-bond acceptors (Lipinski definition) is 5. The van der Waals surface area contributed by atoms with Crippen LogP contribution in [-0.2, 0) is 17.6 Å². The molecule has 2 aromatic heterocycles. The number of aryl methyl sites for hydroxylation is 1. The van der Waals surface area contributed by atoms with Crippen molar-refractivity contribution >= 4 is 27.8 Å². The summed E-state index contributed by atoms with van der Waals surface area (Å²) in [6.45, 7) is 8.31. The Hall–Kier alpha value is -3.87. The van der Waals surface area contributed by atoms with Gasteiger partial charge in [0.05, 0.1) is 24.1 Å². The zero-order chi connectivity index (χ0) is 24.2. The molecule has 0 unspecified atom stereocenters. The van der Waals surface area contributed by atoms with Crippen molar-refractivity contribution in [1.82, 2.24) is 9.97 Å². The molecule has 4 aromatic rings. The molecule has 0 fully saturated rings. The van der Waals surface area contributed by atoms with Crippen LogP contribution in [0.15, 0.2) is 41.3 Å². The molecule has 0 radical (unpaired) electrons. The molecule has 7 heteroatoms. The lowest BCUT2D eigenvalue weighted by Gasteiger charge is -2.28. The highest BCUT2D eigenvalue weighted by molar-refractivity contribution is 6.10. The molecule has 2 aromatic carbocycles. The molecule has 5 rings (SSSR count). The molecule has 0 saturated heterocycles. The lowest BCUT2D eigenvalue weighted by atomic mass is 9.87. The first kappa shape index (κ1) is 21.9. The van der Waals surface area contributed by atoms with Crippen LogP contribution in [0.3, 0.4) is 0 Å². The van der Waals surface area contributed by atoms with Gasteiger partial charge in [0.2, 0.25) is 5.56 Å². The van der Waals surface area contributed by atoms with Gasteiger partial charge in [-0.1, -0.05) is 0 Å². The molecule has 0 bridgehead atoms. The summed E-state index contributed by atoms with van der Waals surface area (Å²) in [4.78, 5) is 31.7. The van der Waals surface area contributed by atoms with Crippen LogP contribution in [0, 0.1) is 6.92 Å². The first-order valence-corrected chi connectivity index (χ1v) is 11.3. The number of ether oxygens (including phenoxy) is 2. The molecular weight excluding hydrogens is 432 g/mol. The largest absolute Gasteiger partial charge is 0.492 e. The lowest BCUT2D eigenvalue weighted by molar-refractivity contribution is -0.136. The lowest BCUT2D eigenvalue weighted by Crippen LogP contribution is -2.24. The average molecular weight is 459 g/mol. The van der Waals surface area contributed by atoms with Crippen LogP contribution < -0.4 is 15.0 Å². The second kappa shape index (κ2) is 7.87. The van der Waals surface area contributed by atoms with E-state index in [1.165, 1.54) is 6.07 Å². The third-order valence-corrected chi connectivity index (χ3v) is 6.01. The predicted molar refractivity (Wildman–Crippen MR) is 131 cm³/mol. The van der Waals surface area contributed by atoms with Crippen molar-refractivity contribution in [2.24, 2.45) is 0 Å². The summed E-state index contributed by atoms with van der Waals surface area (Å²) < 4.78 is 12.4. The number of fused-ring (bicyclic) bond motifs is 1. The number of aliphatic carboxylic acids is 1. The quantitative estimate of drug-likeness (QED) is 0.456. The molecule has 34 heavy (non-hydrogen) atoms. The molecular formula is C27H26N2O5. The van der Waals surface area contributed by atoms with Crippen LogP contribution in [0.5, 0.6) is 11.5 Å². The minimum atomic E-state index is -0.939. The van der Waals surface area contributed by atoms with Gasteiger partial charge in [0, 0.05) is 46.6 Å².